The first-order valence-electron chi connectivity index (χ1n) is 7.71. The smallest absolute Gasteiger partial charge is 0.253 e. The Bertz CT molecular complexity index is 676. The molecule has 2 aliphatic rings. The number of ketones is 1. The number of nitriles is 1. The average molecular weight is 310 g/mol. The van der Waals surface area contributed by atoms with Crippen LogP contribution in [0.2, 0.25) is 0 Å². The molecule has 1 aliphatic carbocycles. The molecule has 0 saturated carbocycles. The average Bonchev–Trinajstić information content (AvgIpc) is 2.91. The monoisotopic (exact) mass is 310 g/mol. The molecule has 1 unspecified atom stereocenters. The first-order valence-corrected chi connectivity index (χ1v) is 7.71. The molecular weight excluding hydrogens is 288 g/mol. The van der Waals surface area contributed by atoms with Crippen molar-refractivity contribution in [2.24, 2.45) is 10.8 Å². The van der Waals surface area contributed by atoms with Crippen molar-refractivity contribution in [1.29, 1.82) is 5.26 Å². The topological polar surface area (TPSA) is 61.2 Å². The summed E-state index contributed by atoms with van der Waals surface area (Å²) < 4.78 is 0. The fourth-order valence-corrected chi connectivity index (χ4v) is 3.70. The largest absolute Gasteiger partial charge is 0.338 e. The summed E-state index contributed by atoms with van der Waals surface area (Å²) in [5, 5.41) is 9.26. The Hall–Kier alpha value is -2.41. The minimum absolute atomic E-state index is 0.0848. The van der Waals surface area contributed by atoms with Crippen LogP contribution in [-0.2, 0) is 9.59 Å². The molecule has 1 aliphatic heterocycles. The highest BCUT2D eigenvalue weighted by Gasteiger charge is 2.48. The minimum Gasteiger partial charge on any atom is -0.338 e. The van der Waals surface area contributed by atoms with Crippen molar-refractivity contribution in [3.05, 3.63) is 48.6 Å². The number of carbonyl (C=O) groups is 2. The van der Waals surface area contributed by atoms with E-state index in [9.17, 15) is 14.9 Å². The molecule has 1 saturated heterocycles. The number of amides is 1. The molecule has 0 radical (unpaired) electrons. The number of rotatable bonds is 3. The van der Waals surface area contributed by atoms with Crippen molar-refractivity contribution < 1.29 is 9.59 Å². The highest BCUT2D eigenvalue weighted by atomic mass is 16.2. The van der Waals surface area contributed by atoms with E-state index >= 15 is 0 Å². The maximum Gasteiger partial charge on any atom is 0.253 e. The predicted molar refractivity (Wildman–Crippen MR) is 89.2 cm³/mol. The molecule has 0 aromatic carbocycles. The van der Waals surface area contributed by atoms with Gasteiger partial charge in [0.15, 0.2) is 5.78 Å². The van der Waals surface area contributed by atoms with Gasteiger partial charge in [0.05, 0.1) is 5.57 Å². The third-order valence-electron chi connectivity index (χ3n) is 4.66. The molecule has 1 fully saturated rings. The number of hydrogen-bond acceptors (Lipinski definition) is 3. The Kier molecular flexibility index (Phi) is 4.42. The van der Waals surface area contributed by atoms with Gasteiger partial charge >= 0.3 is 0 Å². The van der Waals surface area contributed by atoms with Crippen molar-refractivity contribution >= 4 is 11.7 Å². The van der Waals surface area contributed by atoms with Gasteiger partial charge in [0.25, 0.3) is 5.91 Å². The first-order chi connectivity index (χ1) is 10.8. The number of hydrogen-bond donors (Lipinski definition) is 0. The number of Topliss-reactive ketones (excluding diaryl/α,β-unsaturated/α-hetero) is 1. The van der Waals surface area contributed by atoms with E-state index in [4.69, 9.17) is 0 Å². The summed E-state index contributed by atoms with van der Waals surface area (Å²) in [6, 6.07) is 2.03. The van der Waals surface area contributed by atoms with E-state index in [-0.39, 0.29) is 22.7 Å². The van der Waals surface area contributed by atoms with Gasteiger partial charge in [-0.2, -0.15) is 5.26 Å². The summed E-state index contributed by atoms with van der Waals surface area (Å²) in [7, 11) is 0. The van der Waals surface area contributed by atoms with E-state index in [0.29, 0.717) is 25.1 Å². The highest BCUT2D eigenvalue weighted by molar-refractivity contribution is 6.04. The lowest BCUT2D eigenvalue weighted by molar-refractivity contribution is -0.126. The van der Waals surface area contributed by atoms with Gasteiger partial charge in [-0.25, -0.2) is 0 Å². The van der Waals surface area contributed by atoms with Gasteiger partial charge in [-0.3, -0.25) is 9.59 Å². The molecule has 1 spiro atoms. The lowest BCUT2D eigenvalue weighted by Gasteiger charge is -2.38. The summed E-state index contributed by atoms with van der Waals surface area (Å²) in [5.74, 6) is -0.188. The van der Waals surface area contributed by atoms with Crippen LogP contribution in [0.5, 0.6) is 0 Å². The van der Waals surface area contributed by atoms with Gasteiger partial charge in [-0.15, -0.1) is 0 Å². The Morgan fingerprint density at radius 1 is 1.43 bits per heavy atom. The van der Waals surface area contributed by atoms with Gasteiger partial charge in [-0.05, 0) is 12.8 Å². The predicted octanol–water partition coefficient (Wildman–Crippen LogP) is 2.95. The summed E-state index contributed by atoms with van der Waals surface area (Å²) in [6.07, 6.45) is 7.95. The van der Waals surface area contributed by atoms with E-state index in [1.165, 1.54) is 6.08 Å². The maximum absolute atomic E-state index is 12.6. The maximum atomic E-state index is 12.6. The molecule has 0 aromatic rings. The van der Waals surface area contributed by atoms with E-state index in [1.807, 2.05) is 19.9 Å². The zero-order chi connectivity index (χ0) is 17.3. The van der Waals surface area contributed by atoms with Crippen LogP contribution in [0.4, 0.5) is 0 Å². The second-order valence-electron chi connectivity index (χ2n) is 6.96. The number of likely N-dealkylation sites (tertiary alicyclic amines) is 1. The summed E-state index contributed by atoms with van der Waals surface area (Å²) >= 11 is 0. The Morgan fingerprint density at radius 2 is 2.13 bits per heavy atom. The van der Waals surface area contributed by atoms with Gasteiger partial charge in [0.1, 0.15) is 6.07 Å². The lowest BCUT2D eigenvalue weighted by Crippen LogP contribution is -2.40. The van der Waals surface area contributed by atoms with Gasteiger partial charge in [0, 0.05) is 29.5 Å². The quantitative estimate of drug-likeness (QED) is 0.595. The summed E-state index contributed by atoms with van der Waals surface area (Å²) in [6.45, 7) is 12.2. The molecule has 0 aromatic heterocycles. The summed E-state index contributed by atoms with van der Waals surface area (Å²) in [4.78, 5) is 26.6. The van der Waals surface area contributed by atoms with Gasteiger partial charge in [0.2, 0.25) is 0 Å². The zero-order valence-electron chi connectivity index (χ0n) is 13.8. The van der Waals surface area contributed by atoms with E-state index in [2.05, 4.69) is 13.2 Å². The molecule has 1 heterocycles. The molecular formula is C19H22N2O2. The third kappa shape index (κ3) is 3.05. The molecule has 1 amide bonds. The second-order valence-corrected chi connectivity index (χ2v) is 6.96. The Morgan fingerprint density at radius 3 is 2.70 bits per heavy atom. The third-order valence-corrected chi connectivity index (χ3v) is 4.66. The molecule has 23 heavy (non-hydrogen) atoms. The molecule has 4 heteroatoms. The zero-order valence-corrected chi connectivity index (χ0v) is 13.8. The Balaban J connectivity index is 2.30. The van der Waals surface area contributed by atoms with E-state index < -0.39 is 5.41 Å². The van der Waals surface area contributed by atoms with Crippen LogP contribution in [-0.4, -0.2) is 29.7 Å². The first kappa shape index (κ1) is 17.0. The SMILES string of the molecule is C=C/C=C(\C=C)C(=O)N1CCC2(C=C(C#N)C(=O)C(C)(C)C2)C1. The van der Waals surface area contributed by atoms with Gasteiger partial charge in [-0.1, -0.05) is 51.3 Å². The van der Waals surface area contributed by atoms with Crippen molar-refractivity contribution in [1.82, 2.24) is 4.90 Å². The molecule has 0 bridgehead atoms. The fourth-order valence-electron chi connectivity index (χ4n) is 3.70. The molecule has 4 nitrogen and oxygen atoms in total. The normalized spacial score (nSPS) is 26.7. The summed E-state index contributed by atoms with van der Waals surface area (Å²) in [5.41, 5.74) is -0.135. The number of carbonyl (C=O) groups excluding carboxylic acids is 2. The van der Waals surface area contributed by atoms with Crippen molar-refractivity contribution in [2.45, 2.75) is 26.7 Å². The molecule has 120 valence electrons. The lowest BCUT2D eigenvalue weighted by atomic mass is 9.64. The fraction of sp³-hybridized carbons (Fsp3) is 0.421. The standard InChI is InChI=1S/C19H22N2O2/c1-5-7-14(6-2)17(23)21-9-8-19(13-21)10-15(11-20)16(22)18(3,4)12-19/h5-7,10H,1-2,8-9,12-13H2,3-4H3/b14-7+. The Labute approximate surface area is 137 Å². The minimum atomic E-state index is -0.572. The number of allylic oxidation sites excluding steroid dienone is 3. The van der Waals surface area contributed by atoms with Crippen LogP contribution >= 0.6 is 0 Å². The van der Waals surface area contributed by atoms with E-state index in [0.717, 1.165) is 6.42 Å². The van der Waals surface area contributed by atoms with Gasteiger partial charge < -0.3 is 4.90 Å². The molecule has 2 rings (SSSR count). The van der Waals surface area contributed by atoms with Crippen LogP contribution in [0.15, 0.2) is 48.6 Å². The van der Waals surface area contributed by atoms with E-state index in [1.54, 1.807) is 23.1 Å². The van der Waals surface area contributed by atoms with Crippen molar-refractivity contribution in [3.63, 3.8) is 0 Å². The molecule has 1 atom stereocenters. The van der Waals surface area contributed by atoms with Crippen LogP contribution in [0.25, 0.3) is 0 Å². The molecule has 0 N–H and O–H groups in total. The number of nitrogens with zero attached hydrogens (tertiary/aromatic N) is 2. The van der Waals surface area contributed by atoms with Crippen molar-refractivity contribution in [3.8, 4) is 6.07 Å². The van der Waals surface area contributed by atoms with Crippen LogP contribution in [0.1, 0.15) is 26.7 Å². The van der Waals surface area contributed by atoms with Crippen molar-refractivity contribution in [2.75, 3.05) is 13.1 Å². The van der Waals surface area contributed by atoms with Crippen LogP contribution < -0.4 is 0 Å². The van der Waals surface area contributed by atoms with Crippen LogP contribution in [0, 0.1) is 22.2 Å². The van der Waals surface area contributed by atoms with Crippen LogP contribution in [0.3, 0.4) is 0 Å². The highest BCUT2D eigenvalue weighted by Crippen LogP contribution is 2.48. The second kappa shape index (κ2) is 6.00.